The second-order valence-electron chi connectivity index (χ2n) is 5.09. The number of fused-ring (bicyclic) bond motifs is 1. The number of non-ortho nitro benzene ring substituents is 1. The van der Waals surface area contributed by atoms with Crippen molar-refractivity contribution in [2.75, 3.05) is 6.61 Å². The predicted octanol–water partition coefficient (Wildman–Crippen LogP) is 2.39. The van der Waals surface area contributed by atoms with Gasteiger partial charge in [0.25, 0.3) is 5.69 Å². The molecule has 2 heterocycles. The Kier molecular flexibility index (Phi) is 3.66. The normalized spacial score (nSPS) is 18.8. The summed E-state index contributed by atoms with van der Waals surface area (Å²) in [6.07, 6.45) is 5.09. The molecule has 7 nitrogen and oxygen atoms in total. The lowest BCUT2D eigenvalue weighted by atomic mass is 10.1. The minimum atomic E-state index is -0.440. The van der Waals surface area contributed by atoms with E-state index in [0.29, 0.717) is 23.1 Å². The first kappa shape index (κ1) is 13.7. The molecule has 1 aromatic carbocycles. The summed E-state index contributed by atoms with van der Waals surface area (Å²) in [5.74, 6) is 0. The molecule has 0 saturated carbocycles. The maximum Gasteiger partial charge on any atom is 0.280 e. The molecule has 1 aromatic heterocycles. The molecule has 21 heavy (non-hydrogen) atoms. The van der Waals surface area contributed by atoms with Gasteiger partial charge < -0.3 is 9.53 Å². The van der Waals surface area contributed by atoms with Gasteiger partial charge in [-0.15, -0.1) is 0 Å². The molecule has 0 N–H and O–H groups in total. The molecule has 2 aromatic rings. The number of nitrogens with zero attached hydrogens (tertiary/aromatic N) is 3. The number of hydrogen-bond donors (Lipinski definition) is 0. The standard InChI is InChI=1S/C14H15N3O4/c18-5-4-10-7-12-11(13(8-10)17(19)20)9-15-16(12)14-3-1-2-6-21-14/h5,7-9,14H,1-4,6H2. The summed E-state index contributed by atoms with van der Waals surface area (Å²) < 4.78 is 7.38. The summed E-state index contributed by atoms with van der Waals surface area (Å²) in [4.78, 5) is 21.5. The molecule has 0 bridgehead atoms. The van der Waals surface area contributed by atoms with E-state index in [0.717, 1.165) is 25.5 Å². The lowest BCUT2D eigenvalue weighted by molar-refractivity contribution is -0.383. The third kappa shape index (κ3) is 2.52. The van der Waals surface area contributed by atoms with E-state index in [2.05, 4.69) is 5.10 Å². The predicted molar refractivity (Wildman–Crippen MR) is 75.0 cm³/mol. The van der Waals surface area contributed by atoms with Gasteiger partial charge in [0.05, 0.1) is 22.0 Å². The largest absolute Gasteiger partial charge is 0.356 e. The number of carbonyl (C=O) groups is 1. The van der Waals surface area contributed by atoms with Crippen LogP contribution in [0.4, 0.5) is 5.69 Å². The Morgan fingerprint density at radius 3 is 3.00 bits per heavy atom. The van der Waals surface area contributed by atoms with Crippen LogP contribution in [0.1, 0.15) is 31.1 Å². The number of hydrogen-bond acceptors (Lipinski definition) is 5. The second kappa shape index (κ2) is 5.61. The average molecular weight is 289 g/mol. The van der Waals surface area contributed by atoms with Gasteiger partial charge in [-0.2, -0.15) is 5.10 Å². The Balaban J connectivity index is 2.13. The highest BCUT2D eigenvalue weighted by Crippen LogP contribution is 2.31. The Labute approximate surface area is 120 Å². The van der Waals surface area contributed by atoms with Gasteiger partial charge in [0.1, 0.15) is 6.29 Å². The fourth-order valence-corrected chi connectivity index (χ4v) is 2.69. The van der Waals surface area contributed by atoms with Crippen LogP contribution < -0.4 is 0 Å². The van der Waals surface area contributed by atoms with Crippen molar-refractivity contribution in [1.82, 2.24) is 9.78 Å². The Morgan fingerprint density at radius 2 is 2.33 bits per heavy atom. The maximum absolute atomic E-state index is 11.2. The molecular formula is C14H15N3O4. The number of nitro benzene ring substituents is 1. The lowest BCUT2D eigenvalue weighted by Gasteiger charge is -2.23. The van der Waals surface area contributed by atoms with Crippen molar-refractivity contribution >= 4 is 22.9 Å². The monoisotopic (exact) mass is 289 g/mol. The van der Waals surface area contributed by atoms with E-state index >= 15 is 0 Å². The molecule has 1 aliphatic rings. The number of aldehydes is 1. The van der Waals surface area contributed by atoms with Crippen LogP contribution >= 0.6 is 0 Å². The van der Waals surface area contributed by atoms with E-state index in [1.165, 1.54) is 12.3 Å². The number of nitro groups is 1. The highest BCUT2D eigenvalue weighted by atomic mass is 16.6. The first-order chi connectivity index (χ1) is 10.2. The third-order valence-electron chi connectivity index (χ3n) is 3.70. The first-order valence-corrected chi connectivity index (χ1v) is 6.90. The molecule has 3 rings (SSSR count). The van der Waals surface area contributed by atoms with Crippen molar-refractivity contribution in [1.29, 1.82) is 0 Å². The molecule has 1 fully saturated rings. The van der Waals surface area contributed by atoms with Crippen molar-refractivity contribution < 1.29 is 14.5 Å². The zero-order valence-electron chi connectivity index (χ0n) is 11.4. The summed E-state index contributed by atoms with van der Waals surface area (Å²) >= 11 is 0. The van der Waals surface area contributed by atoms with Crippen LogP contribution in [0.2, 0.25) is 0 Å². The van der Waals surface area contributed by atoms with Gasteiger partial charge in [0.2, 0.25) is 0 Å². The molecule has 1 atom stereocenters. The number of benzene rings is 1. The van der Waals surface area contributed by atoms with Crippen LogP contribution in [0, 0.1) is 10.1 Å². The van der Waals surface area contributed by atoms with Gasteiger partial charge in [-0.1, -0.05) is 0 Å². The number of rotatable bonds is 4. The van der Waals surface area contributed by atoms with Crippen LogP contribution in [0.15, 0.2) is 18.3 Å². The van der Waals surface area contributed by atoms with Crippen LogP contribution in [0.25, 0.3) is 10.9 Å². The second-order valence-corrected chi connectivity index (χ2v) is 5.09. The fraction of sp³-hybridized carbons (Fsp3) is 0.429. The van der Waals surface area contributed by atoms with Crippen LogP contribution in [-0.4, -0.2) is 27.6 Å². The van der Waals surface area contributed by atoms with Crippen molar-refractivity contribution in [3.8, 4) is 0 Å². The van der Waals surface area contributed by atoms with Gasteiger partial charge in [-0.3, -0.25) is 10.1 Å². The van der Waals surface area contributed by atoms with Crippen LogP contribution in [-0.2, 0) is 16.0 Å². The van der Waals surface area contributed by atoms with E-state index in [4.69, 9.17) is 4.74 Å². The first-order valence-electron chi connectivity index (χ1n) is 6.90. The van der Waals surface area contributed by atoms with E-state index in [-0.39, 0.29) is 18.3 Å². The molecule has 7 heteroatoms. The number of aromatic nitrogens is 2. The zero-order valence-corrected chi connectivity index (χ0v) is 11.4. The number of carbonyl (C=O) groups excluding carboxylic acids is 1. The Bertz CT molecular complexity index is 689. The van der Waals surface area contributed by atoms with E-state index in [1.54, 1.807) is 10.7 Å². The summed E-state index contributed by atoms with van der Waals surface area (Å²) in [7, 11) is 0. The molecule has 0 amide bonds. The molecule has 110 valence electrons. The molecule has 1 aliphatic heterocycles. The van der Waals surface area contributed by atoms with E-state index in [1.807, 2.05) is 0 Å². The van der Waals surface area contributed by atoms with E-state index in [9.17, 15) is 14.9 Å². The topological polar surface area (TPSA) is 87.3 Å². The Hall–Kier alpha value is -2.28. The number of ether oxygens (including phenoxy) is 1. The summed E-state index contributed by atoms with van der Waals surface area (Å²) in [6, 6.07) is 3.21. The molecule has 1 saturated heterocycles. The van der Waals surface area contributed by atoms with Crippen molar-refractivity contribution in [2.45, 2.75) is 31.9 Å². The van der Waals surface area contributed by atoms with Crippen LogP contribution in [0.3, 0.4) is 0 Å². The molecule has 0 radical (unpaired) electrons. The highest BCUT2D eigenvalue weighted by molar-refractivity contribution is 5.89. The van der Waals surface area contributed by atoms with Gasteiger partial charge in [-0.05, 0) is 30.9 Å². The SMILES string of the molecule is O=CCc1cc([N+](=O)[O-])c2cnn(C3CCCCO3)c2c1. The maximum atomic E-state index is 11.2. The molecular weight excluding hydrogens is 274 g/mol. The van der Waals surface area contributed by atoms with E-state index < -0.39 is 4.92 Å². The van der Waals surface area contributed by atoms with Gasteiger partial charge >= 0.3 is 0 Å². The minimum absolute atomic E-state index is 0.0218. The molecule has 0 spiro atoms. The summed E-state index contributed by atoms with van der Waals surface area (Å²) in [5, 5.41) is 15.9. The zero-order chi connectivity index (χ0) is 14.8. The highest BCUT2D eigenvalue weighted by Gasteiger charge is 2.23. The van der Waals surface area contributed by atoms with Gasteiger partial charge in [-0.25, -0.2) is 4.68 Å². The quantitative estimate of drug-likeness (QED) is 0.490. The van der Waals surface area contributed by atoms with Crippen molar-refractivity contribution in [3.63, 3.8) is 0 Å². The third-order valence-corrected chi connectivity index (χ3v) is 3.70. The lowest BCUT2D eigenvalue weighted by Crippen LogP contribution is -2.19. The molecule has 0 aliphatic carbocycles. The minimum Gasteiger partial charge on any atom is -0.356 e. The van der Waals surface area contributed by atoms with Gasteiger partial charge in [0.15, 0.2) is 6.23 Å². The van der Waals surface area contributed by atoms with Crippen molar-refractivity contribution in [3.05, 3.63) is 34.0 Å². The Morgan fingerprint density at radius 1 is 1.48 bits per heavy atom. The van der Waals surface area contributed by atoms with Crippen molar-refractivity contribution in [2.24, 2.45) is 0 Å². The summed E-state index contributed by atoms with van der Waals surface area (Å²) in [5.41, 5.74) is 1.24. The van der Waals surface area contributed by atoms with Gasteiger partial charge in [0, 0.05) is 19.1 Å². The smallest absolute Gasteiger partial charge is 0.280 e. The average Bonchev–Trinajstić information content (AvgIpc) is 2.91. The fourth-order valence-electron chi connectivity index (χ4n) is 2.69. The molecule has 1 unspecified atom stereocenters. The van der Waals surface area contributed by atoms with Crippen LogP contribution in [0.5, 0.6) is 0 Å². The summed E-state index contributed by atoms with van der Waals surface area (Å²) in [6.45, 7) is 0.669.